The van der Waals surface area contributed by atoms with E-state index in [1.165, 1.54) is 27.5 Å². The lowest BCUT2D eigenvalue weighted by Gasteiger charge is -2.15. The topological polar surface area (TPSA) is 32.7 Å². The number of rotatable bonds is 5. The molecular weight excluding hydrogens is 310 g/mol. The summed E-state index contributed by atoms with van der Waals surface area (Å²) in [6, 6.07) is 18.8. The molecule has 0 radical (unpaired) electrons. The maximum atomic E-state index is 9.69. The molecule has 0 unspecified atom stereocenters. The number of aromatic hydroxyl groups is 1. The Bertz CT molecular complexity index is 904. The van der Waals surface area contributed by atoms with Gasteiger partial charge in [-0.15, -0.1) is 0 Å². The lowest BCUT2D eigenvalue weighted by Crippen LogP contribution is -2.18. The van der Waals surface area contributed by atoms with E-state index in [1.54, 1.807) is 13.2 Å². The summed E-state index contributed by atoms with van der Waals surface area (Å²) in [4.78, 5) is 2.52. The third-order valence-electron chi connectivity index (χ3n) is 5.10. The quantitative estimate of drug-likeness (QED) is 0.746. The van der Waals surface area contributed by atoms with Gasteiger partial charge in [0.1, 0.15) is 0 Å². The number of phenols is 1. The van der Waals surface area contributed by atoms with Crippen molar-refractivity contribution in [3.05, 3.63) is 71.3 Å². The zero-order chi connectivity index (χ0) is 17.2. The van der Waals surface area contributed by atoms with Crippen LogP contribution in [0.1, 0.15) is 23.1 Å². The van der Waals surface area contributed by atoms with E-state index in [-0.39, 0.29) is 5.75 Å². The molecule has 1 N–H and O–H groups in total. The molecule has 3 aromatic carbocycles. The van der Waals surface area contributed by atoms with Gasteiger partial charge in [0.2, 0.25) is 0 Å². The van der Waals surface area contributed by atoms with Crippen molar-refractivity contribution in [2.24, 2.45) is 0 Å². The predicted octanol–water partition coefficient (Wildman–Crippen LogP) is 4.50. The van der Waals surface area contributed by atoms with Crippen LogP contribution in [0.4, 0.5) is 0 Å². The van der Waals surface area contributed by atoms with Crippen molar-refractivity contribution < 1.29 is 9.84 Å². The standard InChI is InChI=1S/C22H23NO2/c1-25-22-13-16(8-11-21(22)24)5-4-12-23-14-18-10-9-17-6-2-3-7-19(17)20(18)15-23/h2-3,6-11,13,24H,4-5,12,14-15H2,1H3. The van der Waals surface area contributed by atoms with Crippen molar-refractivity contribution in [1.82, 2.24) is 4.90 Å². The molecule has 1 heterocycles. The third kappa shape index (κ3) is 3.20. The van der Waals surface area contributed by atoms with Crippen LogP contribution in [0.2, 0.25) is 0 Å². The van der Waals surface area contributed by atoms with Crippen LogP contribution >= 0.6 is 0 Å². The molecule has 0 bridgehead atoms. The number of phenolic OH excluding ortho intramolecular Hbond substituents is 1. The molecule has 0 atom stereocenters. The number of hydrogen-bond acceptors (Lipinski definition) is 3. The zero-order valence-corrected chi connectivity index (χ0v) is 14.5. The molecule has 0 spiro atoms. The molecule has 3 aromatic rings. The Morgan fingerprint density at radius 1 is 1.04 bits per heavy atom. The molecule has 3 nitrogen and oxygen atoms in total. The second-order valence-corrected chi connectivity index (χ2v) is 6.74. The summed E-state index contributed by atoms with van der Waals surface area (Å²) in [5.74, 6) is 0.755. The Balaban J connectivity index is 1.39. The van der Waals surface area contributed by atoms with Crippen LogP contribution < -0.4 is 4.74 Å². The SMILES string of the molecule is COc1cc(CCCN2Cc3ccc4ccccc4c3C2)ccc1O. The Labute approximate surface area is 148 Å². The summed E-state index contributed by atoms with van der Waals surface area (Å²) in [5, 5.41) is 12.4. The maximum Gasteiger partial charge on any atom is 0.160 e. The monoisotopic (exact) mass is 333 g/mol. The fraction of sp³-hybridized carbons (Fsp3) is 0.273. The van der Waals surface area contributed by atoms with E-state index in [0.717, 1.165) is 32.5 Å². The van der Waals surface area contributed by atoms with E-state index in [4.69, 9.17) is 4.74 Å². The van der Waals surface area contributed by atoms with Gasteiger partial charge in [-0.05, 0) is 59.0 Å². The van der Waals surface area contributed by atoms with Crippen LogP contribution in [0.15, 0.2) is 54.6 Å². The maximum absolute atomic E-state index is 9.69. The van der Waals surface area contributed by atoms with Crippen LogP contribution in [-0.4, -0.2) is 23.7 Å². The summed E-state index contributed by atoms with van der Waals surface area (Å²) in [5.41, 5.74) is 4.16. The number of methoxy groups -OCH3 is 1. The molecule has 0 aromatic heterocycles. The molecule has 0 fully saturated rings. The Hall–Kier alpha value is -2.52. The van der Waals surface area contributed by atoms with Gasteiger partial charge >= 0.3 is 0 Å². The van der Waals surface area contributed by atoms with E-state index in [2.05, 4.69) is 41.3 Å². The highest BCUT2D eigenvalue weighted by Gasteiger charge is 2.20. The summed E-state index contributed by atoms with van der Waals surface area (Å²) in [6.45, 7) is 3.15. The number of nitrogens with zero attached hydrogens (tertiary/aromatic N) is 1. The Morgan fingerprint density at radius 3 is 2.80 bits per heavy atom. The van der Waals surface area contributed by atoms with Crippen molar-refractivity contribution in [3.63, 3.8) is 0 Å². The molecule has 1 aliphatic rings. The fourth-order valence-corrected chi connectivity index (χ4v) is 3.78. The zero-order valence-electron chi connectivity index (χ0n) is 14.5. The van der Waals surface area contributed by atoms with Gasteiger partial charge in [-0.3, -0.25) is 4.90 Å². The molecule has 25 heavy (non-hydrogen) atoms. The van der Waals surface area contributed by atoms with Gasteiger partial charge in [-0.25, -0.2) is 0 Å². The summed E-state index contributed by atoms with van der Waals surface area (Å²) in [7, 11) is 1.59. The van der Waals surface area contributed by atoms with Crippen molar-refractivity contribution in [3.8, 4) is 11.5 Å². The average molecular weight is 333 g/mol. The molecule has 0 amide bonds. The fourth-order valence-electron chi connectivity index (χ4n) is 3.78. The Kier molecular flexibility index (Phi) is 4.33. The average Bonchev–Trinajstić information content (AvgIpc) is 3.06. The van der Waals surface area contributed by atoms with Crippen molar-refractivity contribution in [2.75, 3.05) is 13.7 Å². The molecule has 3 heteroatoms. The van der Waals surface area contributed by atoms with Crippen molar-refractivity contribution in [2.45, 2.75) is 25.9 Å². The van der Waals surface area contributed by atoms with Crippen molar-refractivity contribution in [1.29, 1.82) is 0 Å². The summed E-state index contributed by atoms with van der Waals surface area (Å²) < 4.78 is 5.19. The first kappa shape index (κ1) is 16.0. The predicted molar refractivity (Wildman–Crippen MR) is 101 cm³/mol. The first-order chi connectivity index (χ1) is 12.2. The van der Waals surface area contributed by atoms with Crippen LogP contribution in [0.5, 0.6) is 11.5 Å². The Morgan fingerprint density at radius 2 is 1.92 bits per heavy atom. The van der Waals surface area contributed by atoms with Crippen LogP contribution in [0.3, 0.4) is 0 Å². The van der Waals surface area contributed by atoms with Gasteiger partial charge in [0.05, 0.1) is 7.11 Å². The normalized spacial score (nSPS) is 14.0. The van der Waals surface area contributed by atoms with Gasteiger partial charge in [-0.1, -0.05) is 42.5 Å². The highest BCUT2D eigenvalue weighted by molar-refractivity contribution is 5.87. The van der Waals surface area contributed by atoms with Gasteiger partial charge in [0.15, 0.2) is 11.5 Å². The van der Waals surface area contributed by atoms with Gasteiger partial charge in [0.25, 0.3) is 0 Å². The van der Waals surface area contributed by atoms with Crippen LogP contribution in [-0.2, 0) is 19.5 Å². The van der Waals surface area contributed by atoms with Gasteiger partial charge in [0, 0.05) is 13.1 Å². The summed E-state index contributed by atoms with van der Waals surface area (Å²) >= 11 is 0. The highest BCUT2D eigenvalue weighted by Crippen LogP contribution is 2.31. The molecule has 4 rings (SSSR count). The van der Waals surface area contributed by atoms with Gasteiger partial charge < -0.3 is 9.84 Å². The molecule has 0 aliphatic carbocycles. The largest absolute Gasteiger partial charge is 0.504 e. The number of fused-ring (bicyclic) bond motifs is 3. The van der Waals surface area contributed by atoms with E-state index >= 15 is 0 Å². The highest BCUT2D eigenvalue weighted by atomic mass is 16.5. The lowest BCUT2D eigenvalue weighted by molar-refractivity contribution is 0.281. The van der Waals surface area contributed by atoms with Crippen molar-refractivity contribution >= 4 is 10.8 Å². The first-order valence-electron chi connectivity index (χ1n) is 8.82. The molecule has 1 aliphatic heterocycles. The minimum Gasteiger partial charge on any atom is -0.504 e. The number of aryl methyl sites for hydroxylation is 1. The number of hydrogen-bond donors (Lipinski definition) is 1. The smallest absolute Gasteiger partial charge is 0.160 e. The van der Waals surface area contributed by atoms with Crippen LogP contribution in [0.25, 0.3) is 10.8 Å². The molecular formula is C22H23NO2. The molecule has 0 saturated heterocycles. The second-order valence-electron chi connectivity index (χ2n) is 6.74. The van der Waals surface area contributed by atoms with Gasteiger partial charge in [-0.2, -0.15) is 0 Å². The number of benzene rings is 3. The van der Waals surface area contributed by atoms with E-state index < -0.39 is 0 Å². The van der Waals surface area contributed by atoms with E-state index in [9.17, 15) is 5.11 Å². The number of ether oxygens (including phenoxy) is 1. The minimum atomic E-state index is 0.202. The third-order valence-corrected chi connectivity index (χ3v) is 5.10. The minimum absolute atomic E-state index is 0.202. The second kappa shape index (κ2) is 6.77. The first-order valence-corrected chi connectivity index (χ1v) is 8.82. The lowest BCUT2D eigenvalue weighted by atomic mass is 10.0. The summed E-state index contributed by atoms with van der Waals surface area (Å²) in [6.07, 6.45) is 2.09. The van der Waals surface area contributed by atoms with E-state index in [0.29, 0.717) is 5.75 Å². The van der Waals surface area contributed by atoms with Crippen LogP contribution in [0, 0.1) is 0 Å². The molecule has 0 saturated carbocycles. The van der Waals surface area contributed by atoms with E-state index in [1.807, 2.05) is 12.1 Å². The molecule has 128 valence electrons.